The van der Waals surface area contributed by atoms with E-state index in [1.165, 1.54) is 0 Å². The lowest BCUT2D eigenvalue weighted by molar-refractivity contribution is 0.430. The first-order valence-electron chi connectivity index (χ1n) is 3.62. The molecule has 0 unspecified atom stereocenters. The molecule has 3 nitrogen and oxygen atoms in total. The first kappa shape index (κ1) is 9.96. The third-order valence-electron chi connectivity index (χ3n) is 1.58. The molecular formula is C8H3BrCl2N2O. The van der Waals surface area contributed by atoms with Crippen LogP contribution in [0.5, 0.6) is 0 Å². The quantitative estimate of drug-likeness (QED) is 0.802. The zero-order valence-corrected chi connectivity index (χ0v) is 9.77. The first-order valence-corrected chi connectivity index (χ1v) is 5.17. The van der Waals surface area contributed by atoms with Gasteiger partial charge in [0, 0.05) is 4.47 Å². The van der Waals surface area contributed by atoms with Gasteiger partial charge in [0.15, 0.2) is 0 Å². The third kappa shape index (κ3) is 1.78. The second kappa shape index (κ2) is 3.88. The highest BCUT2D eigenvalue weighted by atomic mass is 79.9. The van der Waals surface area contributed by atoms with Gasteiger partial charge in [-0.3, -0.25) is 0 Å². The molecule has 1 heterocycles. The SMILES string of the molecule is Clc1noc(-c2cccc(Br)c2Cl)n1. The second-order valence-corrected chi connectivity index (χ2v) is 4.04. The molecule has 0 saturated carbocycles. The molecule has 14 heavy (non-hydrogen) atoms. The molecule has 0 aliphatic heterocycles. The van der Waals surface area contributed by atoms with Crippen molar-refractivity contribution in [2.75, 3.05) is 0 Å². The maximum absolute atomic E-state index is 6.02. The Hall–Kier alpha value is -0.580. The minimum Gasteiger partial charge on any atom is -0.333 e. The topological polar surface area (TPSA) is 38.9 Å². The van der Waals surface area contributed by atoms with Crippen molar-refractivity contribution in [2.24, 2.45) is 0 Å². The van der Waals surface area contributed by atoms with Crippen LogP contribution in [0.1, 0.15) is 0 Å². The molecule has 0 N–H and O–H groups in total. The number of benzene rings is 1. The summed E-state index contributed by atoms with van der Waals surface area (Å²) in [5.41, 5.74) is 0.653. The summed E-state index contributed by atoms with van der Waals surface area (Å²) in [6, 6.07) is 5.42. The van der Waals surface area contributed by atoms with Crippen LogP contribution in [0.2, 0.25) is 10.3 Å². The minimum atomic E-state index is 0.0658. The van der Waals surface area contributed by atoms with Crippen LogP contribution in [0.4, 0.5) is 0 Å². The van der Waals surface area contributed by atoms with Crippen LogP contribution in [0, 0.1) is 0 Å². The van der Waals surface area contributed by atoms with Gasteiger partial charge in [-0.1, -0.05) is 17.7 Å². The molecule has 0 radical (unpaired) electrons. The second-order valence-electron chi connectivity index (χ2n) is 2.47. The Morgan fingerprint density at radius 3 is 2.71 bits per heavy atom. The Morgan fingerprint density at radius 2 is 2.07 bits per heavy atom. The Morgan fingerprint density at radius 1 is 1.29 bits per heavy atom. The molecule has 1 aromatic heterocycles. The van der Waals surface area contributed by atoms with Crippen molar-refractivity contribution in [3.63, 3.8) is 0 Å². The van der Waals surface area contributed by atoms with Gasteiger partial charge in [-0.05, 0) is 44.8 Å². The zero-order chi connectivity index (χ0) is 10.1. The fraction of sp³-hybridized carbons (Fsp3) is 0. The summed E-state index contributed by atoms with van der Waals surface area (Å²) in [4.78, 5) is 3.87. The molecule has 0 aliphatic rings. The summed E-state index contributed by atoms with van der Waals surface area (Å²) < 4.78 is 5.66. The van der Waals surface area contributed by atoms with Crippen molar-refractivity contribution in [3.05, 3.63) is 33.0 Å². The van der Waals surface area contributed by atoms with Crippen LogP contribution in [0.15, 0.2) is 27.2 Å². The standard InChI is InChI=1S/C8H3BrCl2N2O/c9-5-3-1-2-4(6(5)10)7-12-8(11)13-14-7/h1-3H. The van der Waals surface area contributed by atoms with Crippen molar-refractivity contribution < 1.29 is 4.52 Å². The summed E-state index contributed by atoms with van der Waals surface area (Å²) in [7, 11) is 0. The fourth-order valence-corrected chi connectivity index (χ4v) is 1.67. The first-order chi connectivity index (χ1) is 6.68. The highest BCUT2D eigenvalue weighted by molar-refractivity contribution is 9.10. The number of halogens is 3. The zero-order valence-electron chi connectivity index (χ0n) is 6.67. The average Bonchev–Trinajstić information content (AvgIpc) is 2.57. The van der Waals surface area contributed by atoms with E-state index in [-0.39, 0.29) is 5.28 Å². The molecule has 2 aromatic rings. The maximum Gasteiger partial charge on any atom is 0.264 e. The number of nitrogens with zero attached hydrogens (tertiary/aromatic N) is 2. The van der Waals surface area contributed by atoms with Crippen molar-refractivity contribution in [2.45, 2.75) is 0 Å². The molecule has 0 bridgehead atoms. The summed E-state index contributed by atoms with van der Waals surface area (Å²) >= 11 is 14.8. The predicted octanol–water partition coefficient (Wildman–Crippen LogP) is 3.81. The van der Waals surface area contributed by atoms with E-state index in [0.717, 1.165) is 4.47 Å². The van der Waals surface area contributed by atoms with Gasteiger partial charge in [-0.2, -0.15) is 4.98 Å². The molecule has 0 fully saturated rings. The lowest BCUT2D eigenvalue weighted by atomic mass is 10.2. The Bertz CT molecular complexity index is 472. The van der Waals surface area contributed by atoms with Crippen LogP contribution in [0.25, 0.3) is 11.5 Å². The minimum absolute atomic E-state index is 0.0658. The summed E-state index contributed by atoms with van der Waals surface area (Å²) in [5, 5.41) is 4.06. The molecule has 0 amide bonds. The van der Waals surface area contributed by atoms with Crippen molar-refractivity contribution in [1.29, 1.82) is 0 Å². The highest BCUT2D eigenvalue weighted by Gasteiger charge is 2.12. The lowest BCUT2D eigenvalue weighted by Gasteiger charge is -1.99. The van der Waals surface area contributed by atoms with Crippen molar-refractivity contribution in [3.8, 4) is 11.5 Å². The van der Waals surface area contributed by atoms with Gasteiger partial charge in [0.25, 0.3) is 11.2 Å². The van der Waals surface area contributed by atoms with Gasteiger partial charge in [0.2, 0.25) is 0 Å². The molecule has 2 rings (SSSR count). The van der Waals surface area contributed by atoms with Crippen LogP contribution in [0.3, 0.4) is 0 Å². The Kier molecular flexibility index (Phi) is 2.76. The average molecular weight is 294 g/mol. The Labute approximate surface area is 98.1 Å². The molecule has 6 heteroatoms. The molecule has 0 spiro atoms. The van der Waals surface area contributed by atoms with Gasteiger partial charge in [-0.15, -0.1) is 0 Å². The smallest absolute Gasteiger partial charge is 0.264 e. The maximum atomic E-state index is 6.02. The van der Waals surface area contributed by atoms with Gasteiger partial charge in [0.1, 0.15) is 0 Å². The normalized spacial score (nSPS) is 10.5. The van der Waals surface area contributed by atoms with Crippen LogP contribution < -0.4 is 0 Å². The number of hydrogen-bond donors (Lipinski definition) is 0. The van der Waals surface area contributed by atoms with Crippen molar-refractivity contribution >= 4 is 39.1 Å². The molecule has 1 aromatic carbocycles. The number of rotatable bonds is 1. The third-order valence-corrected chi connectivity index (χ3v) is 3.03. The Balaban J connectivity index is 2.57. The van der Waals surface area contributed by atoms with E-state index in [2.05, 4.69) is 26.1 Å². The van der Waals surface area contributed by atoms with E-state index in [0.29, 0.717) is 16.5 Å². The van der Waals surface area contributed by atoms with E-state index in [9.17, 15) is 0 Å². The molecular weight excluding hydrogens is 291 g/mol. The van der Waals surface area contributed by atoms with E-state index in [4.69, 9.17) is 27.7 Å². The predicted molar refractivity (Wildman–Crippen MR) is 57.5 cm³/mol. The van der Waals surface area contributed by atoms with E-state index >= 15 is 0 Å². The molecule has 0 aliphatic carbocycles. The molecule has 72 valence electrons. The highest BCUT2D eigenvalue weighted by Crippen LogP contribution is 2.32. The van der Waals surface area contributed by atoms with Crippen LogP contribution >= 0.6 is 39.1 Å². The van der Waals surface area contributed by atoms with E-state index < -0.39 is 0 Å². The van der Waals surface area contributed by atoms with Crippen LogP contribution in [-0.4, -0.2) is 10.1 Å². The largest absolute Gasteiger partial charge is 0.333 e. The fourth-order valence-electron chi connectivity index (χ4n) is 0.984. The van der Waals surface area contributed by atoms with Crippen LogP contribution in [-0.2, 0) is 0 Å². The van der Waals surface area contributed by atoms with Gasteiger partial charge in [0.05, 0.1) is 10.6 Å². The number of aromatic nitrogens is 2. The van der Waals surface area contributed by atoms with Gasteiger partial charge < -0.3 is 4.52 Å². The summed E-state index contributed by atoms with van der Waals surface area (Å²) in [6.45, 7) is 0. The molecule has 0 saturated heterocycles. The molecule has 0 atom stereocenters. The number of hydrogen-bond acceptors (Lipinski definition) is 3. The monoisotopic (exact) mass is 292 g/mol. The summed E-state index contributed by atoms with van der Waals surface area (Å²) in [6.07, 6.45) is 0. The van der Waals surface area contributed by atoms with Gasteiger partial charge in [-0.25, -0.2) is 0 Å². The van der Waals surface area contributed by atoms with E-state index in [1.54, 1.807) is 6.07 Å². The van der Waals surface area contributed by atoms with Crippen molar-refractivity contribution in [1.82, 2.24) is 10.1 Å². The lowest BCUT2D eigenvalue weighted by Crippen LogP contribution is -1.80. The van der Waals surface area contributed by atoms with E-state index in [1.807, 2.05) is 12.1 Å². The van der Waals surface area contributed by atoms with Gasteiger partial charge >= 0.3 is 0 Å². The summed E-state index contributed by atoms with van der Waals surface area (Å²) in [5.74, 6) is 0.307.